The Morgan fingerprint density at radius 2 is 1.74 bits per heavy atom. The van der Waals surface area contributed by atoms with Gasteiger partial charge in [-0.05, 0) is 93.3 Å². The van der Waals surface area contributed by atoms with Crippen LogP contribution in [0.1, 0.15) is 57.8 Å². The molecule has 0 aromatic carbocycles. The summed E-state index contributed by atoms with van der Waals surface area (Å²) in [6.07, 6.45) is 12.7. The van der Waals surface area contributed by atoms with Crippen LogP contribution in [-0.4, -0.2) is 54.9 Å². The molecule has 4 bridgehead atoms. The lowest BCUT2D eigenvalue weighted by Gasteiger charge is -2.56. The van der Waals surface area contributed by atoms with Gasteiger partial charge in [-0.25, -0.2) is 13.6 Å². The third-order valence-corrected chi connectivity index (χ3v) is 9.47. The van der Waals surface area contributed by atoms with Gasteiger partial charge < -0.3 is 14.4 Å². The zero-order valence-electron chi connectivity index (χ0n) is 19.9. The molecule has 0 aromatic heterocycles. The number of carbonyl (C=O) groups is 2. The number of carbonyl (C=O) groups excluding carboxylic acids is 2. The third-order valence-electron chi connectivity index (χ3n) is 9.47. The lowest BCUT2D eigenvalue weighted by atomic mass is 9.50. The van der Waals surface area contributed by atoms with Crippen molar-refractivity contribution in [3.05, 3.63) is 24.0 Å². The average molecular weight is 476 g/mol. The molecule has 1 amide bonds. The largest absolute Gasteiger partial charge is 0.493 e. The second-order valence-electron chi connectivity index (χ2n) is 12.1. The van der Waals surface area contributed by atoms with Crippen LogP contribution in [0, 0.1) is 35.0 Å². The summed E-state index contributed by atoms with van der Waals surface area (Å²) in [6.45, 7) is 0.381. The number of esters is 1. The number of likely N-dealkylation sites (tertiary alicyclic amines) is 1. The van der Waals surface area contributed by atoms with Gasteiger partial charge in [0, 0.05) is 17.8 Å². The quantitative estimate of drug-likeness (QED) is 0.530. The molecule has 0 aromatic rings. The Hall–Kier alpha value is -1.92. The Kier molecular flexibility index (Phi) is 5.34. The van der Waals surface area contributed by atoms with Crippen molar-refractivity contribution in [2.75, 3.05) is 20.3 Å². The van der Waals surface area contributed by atoms with Crippen LogP contribution in [0.3, 0.4) is 0 Å². The number of alkyl halides is 2. The van der Waals surface area contributed by atoms with E-state index in [0.29, 0.717) is 12.4 Å². The van der Waals surface area contributed by atoms with E-state index < -0.39 is 35.7 Å². The standard InChI is InChI=1S/C27H35F2NO4/c1-33-24(31)23-9-20(28)14-30(23)25(32)27(29)5-4-21(10-22(27)19-2-3-19)34-15-26-11-16-6-17(12-26)8-18(7-16)13-26/h4-5,10,16-20,22-23H,2-3,6-9,11-15H2,1H3/t16?,17?,18?,20-,22?,23+,26?,27?/m1/s1. The molecule has 1 heterocycles. The highest BCUT2D eigenvalue weighted by Crippen LogP contribution is 2.60. The first-order valence-corrected chi connectivity index (χ1v) is 13.0. The number of halogens is 2. The monoisotopic (exact) mass is 475 g/mol. The van der Waals surface area contributed by atoms with E-state index in [1.807, 2.05) is 0 Å². The van der Waals surface area contributed by atoms with Crippen molar-refractivity contribution in [1.29, 1.82) is 0 Å². The van der Waals surface area contributed by atoms with Crippen molar-refractivity contribution in [1.82, 2.24) is 4.90 Å². The number of rotatable bonds is 6. The molecule has 7 aliphatic rings. The molecule has 4 atom stereocenters. The molecule has 0 N–H and O–H groups in total. The lowest BCUT2D eigenvalue weighted by Crippen LogP contribution is -2.54. The minimum atomic E-state index is -2.30. The summed E-state index contributed by atoms with van der Waals surface area (Å²) in [5, 5.41) is 0. The number of amides is 1. The fourth-order valence-electron chi connectivity index (χ4n) is 8.20. The SMILES string of the molecule is COC(=O)[C@@H]1C[C@@H](F)CN1C(=O)C1(F)C=CC(OCC23CC4CC(CC(C4)C2)C3)=CC1C1CC1. The number of ether oxygens (including phenoxy) is 2. The van der Waals surface area contributed by atoms with Gasteiger partial charge in [0.2, 0.25) is 5.67 Å². The number of nitrogens with zero attached hydrogens (tertiary/aromatic N) is 1. The van der Waals surface area contributed by atoms with E-state index >= 15 is 4.39 Å². The third kappa shape index (κ3) is 3.78. The fraction of sp³-hybridized carbons (Fsp3) is 0.778. The Balaban J connectivity index is 1.18. The zero-order chi connectivity index (χ0) is 23.7. The van der Waals surface area contributed by atoms with Crippen molar-refractivity contribution in [3.8, 4) is 0 Å². The van der Waals surface area contributed by atoms with Crippen molar-refractivity contribution in [3.63, 3.8) is 0 Å². The molecule has 1 aliphatic heterocycles. The van der Waals surface area contributed by atoms with Crippen LogP contribution < -0.4 is 0 Å². The Bertz CT molecular complexity index is 892. The van der Waals surface area contributed by atoms with E-state index in [1.165, 1.54) is 51.7 Å². The maximum Gasteiger partial charge on any atom is 0.328 e. The topological polar surface area (TPSA) is 55.8 Å². The second kappa shape index (κ2) is 8.06. The summed E-state index contributed by atoms with van der Waals surface area (Å²) in [4.78, 5) is 26.6. The summed E-state index contributed by atoms with van der Waals surface area (Å²) in [5.41, 5.74) is -2.05. The maximum atomic E-state index is 16.4. The molecule has 5 saturated carbocycles. The molecule has 0 radical (unpaired) electrons. The minimum absolute atomic E-state index is 0.0532. The highest BCUT2D eigenvalue weighted by Gasteiger charge is 2.56. The molecule has 6 fully saturated rings. The molecule has 6 aliphatic carbocycles. The van der Waals surface area contributed by atoms with Crippen molar-refractivity contribution < 1.29 is 27.8 Å². The predicted octanol–water partition coefficient (Wildman–Crippen LogP) is 4.52. The predicted molar refractivity (Wildman–Crippen MR) is 121 cm³/mol. The van der Waals surface area contributed by atoms with Gasteiger partial charge in [0.15, 0.2) is 0 Å². The van der Waals surface area contributed by atoms with Gasteiger partial charge in [0.25, 0.3) is 5.91 Å². The summed E-state index contributed by atoms with van der Waals surface area (Å²) in [7, 11) is 1.20. The van der Waals surface area contributed by atoms with Gasteiger partial charge in [-0.15, -0.1) is 0 Å². The van der Waals surface area contributed by atoms with Gasteiger partial charge in [0.05, 0.1) is 20.3 Å². The number of allylic oxidation sites excluding steroid dienone is 2. The van der Waals surface area contributed by atoms with Crippen LogP contribution in [0.15, 0.2) is 24.0 Å². The van der Waals surface area contributed by atoms with Gasteiger partial charge in [-0.2, -0.15) is 0 Å². The maximum absolute atomic E-state index is 16.4. The Labute approximate surface area is 199 Å². The molecule has 0 spiro atoms. The minimum Gasteiger partial charge on any atom is -0.493 e. The van der Waals surface area contributed by atoms with Gasteiger partial charge in [-0.1, -0.05) is 0 Å². The van der Waals surface area contributed by atoms with Crippen molar-refractivity contribution in [2.24, 2.45) is 35.0 Å². The highest BCUT2D eigenvalue weighted by atomic mass is 19.1. The molecule has 7 heteroatoms. The lowest BCUT2D eigenvalue weighted by molar-refractivity contribution is -0.156. The highest BCUT2D eigenvalue weighted by molar-refractivity contribution is 5.93. The summed E-state index contributed by atoms with van der Waals surface area (Å²) in [6, 6.07) is -1.08. The number of methoxy groups -OCH3 is 1. The van der Waals surface area contributed by atoms with Crippen LogP contribution >= 0.6 is 0 Å². The van der Waals surface area contributed by atoms with Crippen LogP contribution in [0.5, 0.6) is 0 Å². The van der Waals surface area contributed by atoms with Crippen molar-refractivity contribution in [2.45, 2.75) is 75.7 Å². The first-order valence-electron chi connectivity index (χ1n) is 13.0. The smallest absolute Gasteiger partial charge is 0.328 e. The van der Waals surface area contributed by atoms with Crippen LogP contribution in [0.2, 0.25) is 0 Å². The molecular formula is C27H35F2NO4. The summed E-state index contributed by atoms with van der Waals surface area (Å²) >= 11 is 0. The number of hydrogen-bond acceptors (Lipinski definition) is 4. The Morgan fingerprint density at radius 3 is 2.32 bits per heavy atom. The van der Waals surface area contributed by atoms with E-state index in [0.717, 1.165) is 35.5 Å². The molecule has 1 saturated heterocycles. The zero-order valence-corrected chi connectivity index (χ0v) is 19.9. The summed E-state index contributed by atoms with van der Waals surface area (Å²) < 4.78 is 41.6. The second-order valence-corrected chi connectivity index (χ2v) is 12.1. The average Bonchev–Trinajstić information content (AvgIpc) is 3.57. The Morgan fingerprint density at radius 1 is 1.09 bits per heavy atom. The van der Waals surface area contributed by atoms with Crippen LogP contribution in [0.4, 0.5) is 8.78 Å². The van der Waals surface area contributed by atoms with Gasteiger partial charge in [-0.3, -0.25) is 4.79 Å². The van der Waals surface area contributed by atoms with E-state index in [2.05, 4.69) is 0 Å². The van der Waals surface area contributed by atoms with Gasteiger partial charge in [0.1, 0.15) is 18.0 Å². The number of hydrogen-bond donors (Lipinski definition) is 0. The van der Waals surface area contributed by atoms with E-state index in [9.17, 15) is 14.0 Å². The summed E-state index contributed by atoms with van der Waals surface area (Å²) in [5.74, 6) is 1.01. The van der Waals surface area contributed by atoms with Crippen LogP contribution in [0.25, 0.3) is 0 Å². The molecule has 2 unspecified atom stereocenters. The normalized spacial score (nSPS) is 44.8. The van der Waals surface area contributed by atoms with E-state index in [-0.39, 0.29) is 24.3 Å². The van der Waals surface area contributed by atoms with Gasteiger partial charge >= 0.3 is 5.97 Å². The van der Waals surface area contributed by atoms with E-state index in [4.69, 9.17) is 9.47 Å². The molecule has 34 heavy (non-hydrogen) atoms. The van der Waals surface area contributed by atoms with Crippen molar-refractivity contribution >= 4 is 11.9 Å². The fourth-order valence-corrected chi connectivity index (χ4v) is 8.20. The molecule has 5 nitrogen and oxygen atoms in total. The molecule has 7 rings (SSSR count). The van der Waals surface area contributed by atoms with E-state index in [1.54, 1.807) is 12.2 Å². The first-order chi connectivity index (χ1) is 16.3. The first kappa shape index (κ1) is 22.5. The molecular weight excluding hydrogens is 440 g/mol. The van der Waals surface area contributed by atoms with Crippen LogP contribution in [-0.2, 0) is 19.1 Å². The molecule has 186 valence electrons.